The van der Waals surface area contributed by atoms with Crippen LogP contribution in [0.1, 0.15) is 16.8 Å². The van der Waals surface area contributed by atoms with Crippen LogP contribution in [0.2, 0.25) is 0 Å². The number of amides is 1. The van der Waals surface area contributed by atoms with Gasteiger partial charge in [0.15, 0.2) is 11.5 Å². The molecule has 0 bridgehead atoms. The summed E-state index contributed by atoms with van der Waals surface area (Å²) in [5.74, 6) is 1.34. The number of ether oxygens (including phenoxy) is 3. The zero-order valence-electron chi connectivity index (χ0n) is 13.3. The highest BCUT2D eigenvalue weighted by molar-refractivity contribution is 5.98. The summed E-state index contributed by atoms with van der Waals surface area (Å²) in [6, 6.07) is 3.79. The third-order valence-electron chi connectivity index (χ3n) is 3.82. The quantitative estimate of drug-likeness (QED) is 0.888. The van der Waals surface area contributed by atoms with E-state index in [9.17, 15) is 4.79 Å². The summed E-state index contributed by atoms with van der Waals surface area (Å²) >= 11 is 0. The number of carbonyl (C=O) groups excluding carboxylic acids is 1. The van der Waals surface area contributed by atoms with Gasteiger partial charge in [-0.15, -0.1) is 12.4 Å². The van der Waals surface area contributed by atoms with Gasteiger partial charge in [-0.1, -0.05) is 0 Å². The Balaban J connectivity index is 0.00000242. The Labute approximate surface area is 137 Å². The maximum atomic E-state index is 12.7. The Hall–Kier alpha value is -1.66. The van der Waals surface area contributed by atoms with Gasteiger partial charge in [-0.05, 0) is 25.6 Å². The molecule has 1 amide bonds. The number of hydrogen-bond donors (Lipinski definition) is 1. The SMILES string of the molecule is CNC1CCN(C(=O)c2ccc(OC)c(OC)c2OC)C1.Cl. The molecule has 7 heteroatoms. The minimum absolute atomic E-state index is 0. The molecule has 1 N–H and O–H groups in total. The van der Waals surface area contributed by atoms with Crippen molar-refractivity contribution in [2.45, 2.75) is 12.5 Å². The number of methoxy groups -OCH3 is 3. The Morgan fingerprint density at radius 1 is 1.18 bits per heavy atom. The maximum absolute atomic E-state index is 12.7. The van der Waals surface area contributed by atoms with Crippen molar-refractivity contribution >= 4 is 18.3 Å². The van der Waals surface area contributed by atoms with E-state index in [0.29, 0.717) is 35.4 Å². The van der Waals surface area contributed by atoms with Crippen LogP contribution < -0.4 is 19.5 Å². The number of nitrogens with zero attached hydrogens (tertiary/aromatic N) is 1. The van der Waals surface area contributed by atoms with Crippen LogP contribution in [0.3, 0.4) is 0 Å². The van der Waals surface area contributed by atoms with Crippen LogP contribution >= 0.6 is 12.4 Å². The minimum atomic E-state index is -0.0504. The van der Waals surface area contributed by atoms with Gasteiger partial charge in [0.25, 0.3) is 5.91 Å². The number of rotatable bonds is 5. The van der Waals surface area contributed by atoms with Crippen molar-refractivity contribution < 1.29 is 19.0 Å². The van der Waals surface area contributed by atoms with Crippen LogP contribution in [0, 0.1) is 0 Å². The molecule has 1 aliphatic heterocycles. The van der Waals surface area contributed by atoms with E-state index in [0.717, 1.165) is 13.0 Å². The lowest BCUT2D eigenvalue weighted by Crippen LogP contribution is -2.33. The molecule has 1 aromatic carbocycles. The lowest BCUT2D eigenvalue weighted by Gasteiger charge is -2.20. The fourth-order valence-corrected chi connectivity index (χ4v) is 2.62. The number of benzene rings is 1. The second kappa shape index (κ2) is 8.10. The van der Waals surface area contributed by atoms with Gasteiger partial charge in [0.05, 0.1) is 26.9 Å². The third kappa shape index (κ3) is 3.39. The highest BCUT2D eigenvalue weighted by atomic mass is 35.5. The number of hydrogen-bond acceptors (Lipinski definition) is 5. The Morgan fingerprint density at radius 2 is 1.86 bits per heavy atom. The van der Waals surface area contributed by atoms with E-state index in [2.05, 4.69) is 5.32 Å². The van der Waals surface area contributed by atoms with Crippen LogP contribution in [0.4, 0.5) is 0 Å². The topological polar surface area (TPSA) is 60.0 Å². The molecule has 6 nitrogen and oxygen atoms in total. The maximum Gasteiger partial charge on any atom is 0.257 e. The van der Waals surface area contributed by atoms with Crippen LogP contribution in [0.5, 0.6) is 17.2 Å². The normalized spacial score (nSPS) is 16.9. The van der Waals surface area contributed by atoms with Gasteiger partial charge in [0.1, 0.15) is 0 Å². The molecule has 2 rings (SSSR count). The Kier molecular flexibility index (Phi) is 6.77. The Morgan fingerprint density at radius 3 is 2.36 bits per heavy atom. The summed E-state index contributed by atoms with van der Waals surface area (Å²) in [4.78, 5) is 14.5. The number of carbonyl (C=O) groups is 1. The van der Waals surface area contributed by atoms with E-state index >= 15 is 0 Å². The first-order valence-electron chi connectivity index (χ1n) is 6.91. The molecule has 1 aromatic rings. The second-order valence-corrected chi connectivity index (χ2v) is 4.91. The fourth-order valence-electron chi connectivity index (χ4n) is 2.62. The molecular formula is C15H23ClN2O4. The van der Waals surface area contributed by atoms with Crippen molar-refractivity contribution in [1.29, 1.82) is 0 Å². The molecule has 22 heavy (non-hydrogen) atoms. The van der Waals surface area contributed by atoms with Gasteiger partial charge < -0.3 is 24.4 Å². The molecule has 124 valence electrons. The molecule has 0 radical (unpaired) electrons. The van der Waals surface area contributed by atoms with Crippen LogP contribution in [0.15, 0.2) is 12.1 Å². The number of halogens is 1. The van der Waals surface area contributed by atoms with E-state index in [-0.39, 0.29) is 18.3 Å². The molecule has 1 saturated heterocycles. The van der Waals surface area contributed by atoms with Crippen molar-refractivity contribution in [2.24, 2.45) is 0 Å². The summed E-state index contributed by atoms with van der Waals surface area (Å²) in [5.41, 5.74) is 0.493. The van der Waals surface area contributed by atoms with Crippen molar-refractivity contribution in [3.63, 3.8) is 0 Å². The predicted octanol–water partition coefficient (Wildman–Crippen LogP) is 1.57. The molecule has 1 atom stereocenters. The fraction of sp³-hybridized carbons (Fsp3) is 0.533. The highest BCUT2D eigenvalue weighted by Gasteiger charge is 2.29. The lowest BCUT2D eigenvalue weighted by molar-refractivity contribution is 0.0785. The first-order chi connectivity index (χ1) is 10.2. The van der Waals surface area contributed by atoms with Gasteiger partial charge in [-0.3, -0.25) is 4.79 Å². The van der Waals surface area contributed by atoms with E-state index in [1.165, 1.54) is 14.2 Å². The van der Waals surface area contributed by atoms with E-state index in [1.54, 1.807) is 19.2 Å². The van der Waals surface area contributed by atoms with Crippen molar-refractivity contribution in [3.8, 4) is 17.2 Å². The second-order valence-electron chi connectivity index (χ2n) is 4.91. The molecule has 1 heterocycles. The van der Waals surface area contributed by atoms with Crippen LogP contribution in [-0.2, 0) is 0 Å². The van der Waals surface area contributed by atoms with Gasteiger partial charge in [0.2, 0.25) is 5.75 Å². The summed E-state index contributed by atoms with van der Waals surface area (Å²) in [7, 11) is 6.52. The minimum Gasteiger partial charge on any atom is -0.493 e. The lowest BCUT2D eigenvalue weighted by atomic mass is 10.1. The molecule has 0 aromatic heterocycles. The first-order valence-corrected chi connectivity index (χ1v) is 6.91. The van der Waals surface area contributed by atoms with Gasteiger partial charge >= 0.3 is 0 Å². The van der Waals surface area contributed by atoms with Crippen LogP contribution in [-0.4, -0.2) is 58.3 Å². The Bertz CT molecular complexity index is 525. The van der Waals surface area contributed by atoms with Crippen molar-refractivity contribution in [2.75, 3.05) is 41.5 Å². The van der Waals surface area contributed by atoms with Crippen molar-refractivity contribution in [3.05, 3.63) is 17.7 Å². The average Bonchev–Trinajstić information content (AvgIpc) is 3.01. The monoisotopic (exact) mass is 330 g/mol. The molecule has 1 unspecified atom stereocenters. The largest absolute Gasteiger partial charge is 0.493 e. The smallest absolute Gasteiger partial charge is 0.257 e. The summed E-state index contributed by atoms with van der Waals surface area (Å²) in [6.45, 7) is 1.44. The first kappa shape index (κ1) is 18.4. The molecule has 1 aliphatic rings. The molecular weight excluding hydrogens is 308 g/mol. The molecule has 0 saturated carbocycles. The summed E-state index contributed by atoms with van der Waals surface area (Å²) in [5, 5.41) is 3.20. The standard InChI is InChI=1S/C15H22N2O4.ClH/c1-16-10-7-8-17(9-10)15(18)11-5-6-12(19-2)14(21-4)13(11)20-3;/h5-6,10,16H,7-9H2,1-4H3;1H. The zero-order chi connectivity index (χ0) is 15.4. The molecule has 0 spiro atoms. The summed E-state index contributed by atoms with van der Waals surface area (Å²) in [6.07, 6.45) is 0.956. The van der Waals surface area contributed by atoms with Gasteiger partial charge in [-0.25, -0.2) is 0 Å². The molecule has 1 fully saturated rings. The average molecular weight is 331 g/mol. The zero-order valence-corrected chi connectivity index (χ0v) is 14.2. The van der Waals surface area contributed by atoms with E-state index in [1.807, 2.05) is 11.9 Å². The summed E-state index contributed by atoms with van der Waals surface area (Å²) < 4.78 is 15.9. The van der Waals surface area contributed by atoms with Gasteiger partial charge in [-0.2, -0.15) is 0 Å². The van der Waals surface area contributed by atoms with E-state index < -0.39 is 0 Å². The molecule has 0 aliphatic carbocycles. The number of likely N-dealkylation sites (N-methyl/N-ethyl adjacent to an activating group) is 1. The van der Waals surface area contributed by atoms with Gasteiger partial charge in [0, 0.05) is 19.1 Å². The van der Waals surface area contributed by atoms with E-state index in [4.69, 9.17) is 14.2 Å². The highest BCUT2D eigenvalue weighted by Crippen LogP contribution is 2.40. The van der Waals surface area contributed by atoms with Crippen LogP contribution in [0.25, 0.3) is 0 Å². The number of likely N-dealkylation sites (tertiary alicyclic amines) is 1. The van der Waals surface area contributed by atoms with Crippen molar-refractivity contribution in [1.82, 2.24) is 10.2 Å². The number of nitrogens with one attached hydrogen (secondary N) is 1. The third-order valence-corrected chi connectivity index (χ3v) is 3.82. The predicted molar refractivity (Wildman–Crippen MR) is 86.7 cm³/mol.